The van der Waals surface area contributed by atoms with Gasteiger partial charge in [-0.05, 0) is 24.7 Å². The van der Waals surface area contributed by atoms with Crippen LogP contribution in [0.1, 0.15) is 25.7 Å². The van der Waals surface area contributed by atoms with E-state index in [4.69, 9.17) is 5.11 Å². The number of carboxylic acid groups (broad SMARTS) is 1. The lowest BCUT2D eigenvalue weighted by Gasteiger charge is -2.25. The molecule has 0 aromatic carbocycles. The molecule has 1 N–H and O–H groups in total. The molecule has 2 nitrogen and oxygen atoms in total. The van der Waals surface area contributed by atoms with Crippen LogP contribution >= 0.6 is 0 Å². The Hall–Kier alpha value is -0.530. The molecule has 2 aliphatic rings. The molecule has 0 amide bonds. The van der Waals surface area contributed by atoms with Crippen molar-refractivity contribution in [2.75, 3.05) is 0 Å². The second-order valence-corrected chi connectivity index (χ2v) is 3.31. The number of hydrogen-bond donors (Lipinski definition) is 1. The van der Waals surface area contributed by atoms with Crippen LogP contribution in [0.4, 0.5) is 0 Å². The molecule has 2 saturated carbocycles. The van der Waals surface area contributed by atoms with Crippen LogP contribution in [0.3, 0.4) is 0 Å². The first-order valence-electron chi connectivity index (χ1n) is 3.47. The summed E-state index contributed by atoms with van der Waals surface area (Å²) in [7, 11) is 0. The molecule has 0 aliphatic heterocycles. The molecule has 2 fully saturated rings. The zero-order valence-corrected chi connectivity index (χ0v) is 5.26. The van der Waals surface area contributed by atoms with E-state index in [0.29, 0.717) is 5.41 Å². The van der Waals surface area contributed by atoms with Gasteiger partial charge in [0, 0.05) is 0 Å². The van der Waals surface area contributed by atoms with Crippen molar-refractivity contribution in [3.63, 3.8) is 0 Å². The van der Waals surface area contributed by atoms with Crippen molar-refractivity contribution in [1.82, 2.24) is 0 Å². The van der Waals surface area contributed by atoms with Crippen LogP contribution in [0.5, 0.6) is 0 Å². The van der Waals surface area contributed by atoms with E-state index in [1.54, 1.807) is 0 Å². The topological polar surface area (TPSA) is 37.3 Å². The quantitative estimate of drug-likeness (QED) is 0.574. The van der Waals surface area contributed by atoms with Gasteiger partial charge in [-0.1, -0.05) is 6.42 Å². The van der Waals surface area contributed by atoms with Gasteiger partial charge in [-0.3, -0.25) is 4.79 Å². The fourth-order valence-corrected chi connectivity index (χ4v) is 1.88. The van der Waals surface area contributed by atoms with E-state index in [1.165, 1.54) is 19.3 Å². The summed E-state index contributed by atoms with van der Waals surface area (Å²) in [5, 5.41) is 8.55. The minimum Gasteiger partial charge on any atom is -0.481 e. The predicted octanol–water partition coefficient (Wildman–Crippen LogP) is 1.26. The van der Waals surface area contributed by atoms with E-state index in [0.717, 1.165) is 6.42 Å². The first-order chi connectivity index (χ1) is 4.25. The first-order valence-corrected chi connectivity index (χ1v) is 3.47. The normalized spacial score (nSPS) is 35.8. The lowest BCUT2D eigenvalue weighted by Crippen LogP contribution is -2.18. The number of aliphatic carboxylic acids is 1. The van der Waals surface area contributed by atoms with Crippen molar-refractivity contribution in [3.8, 4) is 0 Å². The van der Waals surface area contributed by atoms with Crippen LogP contribution in [-0.4, -0.2) is 11.1 Å². The van der Waals surface area contributed by atoms with Gasteiger partial charge in [0.1, 0.15) is 0 Å². The van der Waals surface area contributed by atoms with Crippen LogP contribution in [0, 0.1) is 11.3 Å². The molecule has 0 heterocycles. The molecule has 0 aromatic rings. The molecule has 2 heteroatoms. The van der Waals surface area contributed by atoms with Crippen molar-refractivity contribution in [1.29, 1.82) is 0 Å². The van der Waals surface area contributed by atoms with Gasteiger partial charge in [0.15, 0.2) is 0 Å². The minimum atomic E-state index is -0.574. The molecule has 0 bridgehead atoms. The van der Waals surface area contributed by atoms with E-state index in [2.05, 4.69) is 0 Å². The number of carboxylic acids is 1. The van der Waals surface area contributed by atoms with Crippen molar-refractivity contribution < 1.29 is 9.90 Å². The Morgan fingerprint density at radius 2 is 2.22 bits per heavy atom. The SMILES string of the molecule is O=C(O)C1CC12CCC2. The van der Waals surface area contributed by atoms with Crippen LogP contribution in [-0.2, 0) is 4.79 Å². The first kappa shape index (κ1) is 5.27. The highest BCUT2D eigenvalue weighted by atomic mass is 16.4. The summed E-state index contributed by atoms with van der Waals surface area (Å²) in [4.78, 5) is 10.4. The van der Waals surface area contributed by atoms with Crippen molar-refractivity contribution in [3.05, 3.63) is 0 Å². The van der Waals surface area contributed by atoms with Gasteiger partial charge in [0.25, 0.3) is 0 Å². The van der Waals surface area contributed by atoms with Crippen molar-refractivity contribution >= 4 is 5.97 Å². The summed E-state index contributed by atoms with van der Waals surface area (Å²) in [5.41, 5.74) is 0.311. The summed E-state index contributed by atoms with van der Waals surface area (Å²) in [6, 6.07) is 0. The number of carbonyl (C=O) groups is 1. The molecule has 0 aromatic heterocycles. The Kier molecular flexibility index (Phi) is 0.765. The molecule has 50 valence electrons. The fourth-order valence-electron chi connectivity index (χ4n) is 1.88. The Labute approximate surface area is 53.9 Å². The fraction of sp³-hybridized carbons (Fsp3) is 0.857. The Morgan fingerprint density at radius 1 is 1.56 bits per heavy atom. The van der Waals surface area contributed by atoms with Gasteiger partial charge in [-0.2, -0.15) is 0 Å². The molecular formula is C7H10O2. The minimum absolute atomic E-state index is 0.0336. The summed E-state index contributed by atoms with van der Waals surface area (Å²) >= 11 is 0. The standard InChI is InChI=1S/C7H10O2/c8-6(9)5-4-7(5)2-1-3-7/h5H,1-4H2,(H,8,9). The van der Waals surface area contributed by atoms with E-state index in [1.807, 2.05) is 0 Å². The highest BCUT2D eigenvalue weighted by Gasteiger charge is 2.61. The molecule has 2 rings (SSSR count). The van der Waals surface area contributed by atoms with E-state index in [9.17, 15) is 4.79 Å². The molecule has 0 saturated heterocycles. The molecule has 1 spiro atoms. The third-order valence-electron chi connectivity index (χ3n) is 2.84. The lowest BCUT2D eigenvalue weighted by atomic mass is 9.80. The van der Waals surface area contributed by atoms with Crippen LogP contribution in [0.2, 0.25) is 0 Å². The van der Waals surface area contributed by atoms with Gasteiger partial charge >= 0.3 is 5.97 Å². The summed E-state index contributed by atoms with van der Waals surface area (Å²) < 4.78 is 0. The number of rotatable bonds is 1. The smallest absolute Gasteiger partial charge is 0.307 e. The molecule has 9 heavy (non-hydrogen) atoms. The van der Waals surface area contributed by atoms with E-state index >= 15 is 0 Å². The van der Waals surface area contributed by atoms with Gasteiger partial charge in [-0.25, -0.2) is 0 Å². The van der Waals surface area contributed by atoms with Gasteiger partial charge in [0.05, 0.1) is 5.92 Å². The second kappa shape index (κ2) is 1.31. The van der Waals surface area contributed by atoms with Gasteiger partial charge in [-0.15, -0.1) is 0 Å². The lowest BCUT2D eigenvalue weighted by molar-refractivity contribution is -0.140. The van der Waals surface area contributed by atoms with Crippen LogP contribution in [0.25, 0.3) is 0 Å². The van der Waals surface area contributed by atoms with Gasteiger partial charge in [0.2, 0.25) is 0 Å². The maximum Gasteiger partial charge on any atom is 0.307 e. The zero-order chi connectivity index (χ0) is 6.48. The molecule has 0 radical (unpaired) electrons. The third-order valence-corrected chi connectivity index (χ3v) is 2.84. The highest BCUT2D eigenvalue weighted by molar-refractivity contribution is 5.75. The monoisotopic (exact) mass is 126 g/mol. The van der Waals surface area contributed by atoms with Gasteiger partial charge < -0.3 is 5.11 Å². The van der Waals surface area contributed by atoms with E-state index < -0.39 is 5.97 Å². The molecule has 1 unspecified atom stereocenters. The molecule has 2 aliphatic carbocycles. The summed E-state index contributed by atoms with van der Waals surface area (Å²) in [6.45, 7) is 0. The van der Waals surface area contributed by atoms with Crippen molar-refractivity contribution in [2.24, 2.45) is 11.3 Å². The third kappa shape index (κ3) is 0.533. The predicted molar refractivity (Wildman–Crippen MR) is 32.0 cm³/mol. The van der Waals surface area contributed by atoms with Crippen LogP contribution < -0.4 is 0 Å². The van der Waals surface area contributed by atoms with Crippen molar-refractivity contribution in [2.45, 2.75) is 25.7 Å². The summed E-state index contributed by atoms with van der Waals surface area (Å²) in [6.07, 6.45) is 4.56. The summed E-state index contributed by atoms with van der Waals surface area (Å²) in [5.74, 6) is -0.541. The molecule has 1 atom stereocenters. The average Bonchev–Trinajstić information content (AvgIpc) is 2.34. The second-order valence-electron chi connectivity index (χ2n) is 3.31. The average molecular weight is 126 g/mol. The maximum atomic E-state index is 10.4. The Morgan fingerprint density at radius 3 is 2.33 bits per heavy atom. The highest BCUT2D eigenvalue weighted by Crippen LogP contribution is 2.65. The van der Waals surface area contributed by atoms with Crippen LogP contribution in [0.15, 0.2) is 0 Å². The molecular weight excluding hydrogens is 116 g/mol. The largest absolute Gasteiger partial charge is 0.481 e. The van der Waals surface area contributed by atoms with E-state index in [-0.39, 0.29) is 5.92 Å². The maximum absolute atomic E-state index is 10.4. The zero-order valence-electron chi connectivity index (χ0n) is 5.26. The number of hydrogen-bond acceptors (Lipinski definition) is 1. The Balaban J connectivity index is 2.01. The Bertz CT molecular complexity index is 158.